The van der Waals surface area contributed by atoms with E-state index in [0.717, 1.165) is 5.56 Å². The maximum atomic E-state index is 11.9. The van der Waals surface area contributed by atoms with Gasteiger partial charge in [0.25, 0.3) is 0 Å². The Bertz CT molecular complexity index is 658. The molecule has 2 amide bonds. The van der Waals surface area contributed by atoms with Crippen LogP contribution in [0.15, 0.2) is 34.7 Å². The van der Waals surface area contributed by atoms with E-state index in [1.54, 1.807) is 19.1 Å². The van der Waals surface area contributed by atoms with Gasteiger partial charge in [-0.15, -0.1) is 10.2 Å². The average Bonchev–Trinajstić information content (AvgIpc) is 3.22. The highest BCUT2D eigenvalue weighted by Crippen LogP contribution is 2.33. The van der Waals surface area contributed by atoms with Crippen LogP contribution in [-0.4, -0.2) is 55.0 Å². The first-order chi connectivity index (χ1) is 11.2. The molecule has 1 aliphatic rings. The molecule has 0 aliphatic carbocycles. The van der Waals surface area contributed by atoms with E-state index in [0.29, 0.717) is 31.5 Å². The summed E-state index contributed by atoms with van der Waals surface area (Å²) in [6.45, 7) is 1.70. The Labute approximate surface area is 134 Å². The van der Waals surface area contributed by atoms with Gasteiger partial charge in [0.2, 0.25) is 11.8 Å². The van der Waals surface area contributed by atoms with E-state index < -0.39 is 0 Å². The third-order valence-corrected chi connectivity index (χ3v) is 4.10. The van der Waals surface area contributed by atoms with Crippen LogP contribution in [0.1, 0.15) is 11.8 Å². The summed E-state index contributed by atoms with van der Waals surface area (Å²) < 4.78 is 11.1. The van der Waals surface area contributed by atoms with Gasteiger partial charge in [0.05, 0.1) is 12.5 Å². The van der Waals surface area contributed by atoms with E-state index in [1.807, 2.05) is 30.3 Å². The summed E-state index contributed by atoms with van der Waals surface area (Å²) in [6.07, 6.45) is 0. The molecule has 0 saturated carbocycles. The van der Waals surface area contributed by atoms with Crippen LogP contribution in [-0.2, 0) is 4.74 Å². The second-order valence-electron chi connectivity index (χ2n) is 5.59. The summed E-state index contributed by atoms with van der Waals surface area (Å²) in [5, 5.41) is 11.0. The van der Waals surface area contributed by atoms with Crippen LogP contribution >= 0.6 is 0 Å². The molecular weight excluding hydrogens is 296 g/mol. The van der Waals surface area contributed by atoms with E-state index in [2.05, 4.69) is 15.5 Å². The van der Waals surface area contributed by atoms with Crippen LogP contribution in [0.3, 0.4) is 0 Å². The quantitative estimate of drug-likeness (QED) is 0.929. The zero-order valence-corrected chi connectivity index (χ0v) is 13.2. The number of hydrogen-bond donors (Lipinski definition) is 1. The number of rotatable bonds is 4. The van der Waals surface area contributed by atoms with Crippen molar-refractivity contribution >= 4 is 6.03 Å². The summed E-state index contributed by atoms with van der Waals surface area (Å²) >= 11 is 0. The van der Waals surface area contributed by atoms with Crippen LogP contribution in [0, 0.1) is 5.92 Å². The van der Waals surface area contributed by atoms with Gasteiger partial charge in [0.1, 0.15) is 0 Å². The molecule has 1 saturated heterocycles. The Hall–Kier alpha value is -2.41. The molecule has 23 heavy (non-hydrogen) atoms. The van der Waals surface area contributed by atoms with Gasteiger partial charge < -0.3 is 19.4 Å². The monoisotopic (exact) mass is 316 g/mol. The van der Waals surface area contributed by atoms with Crippen molar-refractivity contribution in [3.05, 3.63) is 36.2 Å². The molecular formula is C16H20N4O3. The first-order valence-corrected chi connectivity index (χ1v) is 7.57. The highest BCUT2D eigenvalue weighted by atomic mass is 16.5. The van der Waals surface area contributed by atoms with Crippen molar-refractivity contribution in [1.82, 2.24) is 20.4 Å². The molecule has 1 N–H and O–H groups in total. The standard InChI is InChI=1S/C16H20N4O3/c1-17-16(21)20-8-12(10-22-2)13(9-20)15-19-18-14(23-15)11-6-4-3-5-7-11/h3-7,12-13H,8-10H2,1-2H3,(H,17,21)/t12-,13+/m0/s1. The molecule has 0 bridgehead atoms. The summed E-state index contributed by atoms with van der Waals surface area (Å²) in [4.78, 5) is 13.6. The largest absolute Gasteiger partial charge is 0.420 e. The van der Waals surface area contributed by atoms with Crippen LogP contribution in [0.25, 0.3) is 11.5 Å². The van der Waals surface area contributed by atoms with Crippen molar-refractivity contribution in [3.8, 4) is 11.5 Å². The number of nitrogens with zero attached hydrogens (tertiary/aromatic N) is 3. The zero-order valence-electron chi connectivity index (χ0n) is 13.2. The lowest BCUT2D eigenvalue weighted by atomic mass is 9.97. The lowest BCUT2D eigenvalue weighted by molar-refractivity contribution is 0.144. The third kappa shape index (κ3) is 3.19. The minimum absolute atomic E-state index is 0.0165. The second kappa shape index (κ2) is 6.78. The SMILES string of the molecule is CNC(=O)N1C[C@@H](COC)[C@H](c2nnc(-c3ccccc3)o2)C1. The number of amides is 2. The number of urea groups is 1. The van der Waals surface area contributed by atoms with Crippen LogP contribution < -0.4 is 5.32 Å². The van der Waals surface area contributed by atoms with Gasteiger partial charge in [-0.25, -0.2) is 4.79 Å². The Kier molecular flexibility index (Phi) is 4.57. The lowest BCUT2D eigenvalue weighted by Crippen LogP contribution is -2.36. The van der Waals surface area contributed by atoms with Gasteiger partial charge in [-0.1, -0.05) is 18.2 Å². The second-order valence-corrected chi connectivity index (χ2v) is 5.59. The zero-order chi connectivity index (χ0) is 16.2. The normalized spacial score (nSPS) is 20.7. The number of hydrogen-bond acceptors (Lipinski definition) is 5. The fraction of sp³-hybridized carbons (Fsp3) is 0.438. The molecule has 1 aliphatic heterocycles. The molecule has 2 heterocycles. The number of methoxy groups -OCH3 is 1. The topological polar surface area (TPSA) is 80.5 Å². The number of ether oxygens (including phenoxy) is 1. The fourth-order valence-electron chi connectivity index (χ4n) is 2.94. The molecule has 1 fully saturated rings. The van der Waals surface area contributed by atoms with E-state index in [9.17, 15) is 4.79 Å². The predicted octanol–water partition coefficient (Wildman–Crippen LogP) is 1.74. The summed E-state index contributed by atoms with van der Waals surface area (Å²) in [5.74, 6) is 1.17. The maximum Gasteiger partial charge on any atom is 0.317 e. The molecule has 1 aromatic carbocycles. The maximum absolute atomic E-state index is 11.9. The molecule has 3 rings (SSSR count). The van der Waals surface area contributed by atoms with Crippen LogP contribution in [0.5, 0.6) is 0 Å². The van der Waals surface area contributed by atoms with Gasteiger partial charge in [-0.05, 0) is 12.1 Å². The predicted molar refractivity (Wildman–Crippen MR) is 83.9 cm³/mol. The van der Waals surface area contributed by atoms with Gasteiger partial charge in [0.15, 0.2) is 0 Å². The first-order valence-electron chi connectivity index (χ1n) is 7.57. The smallest absolute Gasteiger partial charge is 0.317 e. The summed E-state index contributed by atoms with van der Waals surface area (Å²) in [7, 11) is 3.28. The van der Waals surface area contributed by atoms with Gasteiger partial charge in [0, 0.05) is 38.7 Å². The van der Waals surface area contributed by atoms with Gasteiger partial charge in [-0.2, -0.15) is 0 Å². The average molecular weight is 316 g/mol. The fourth-order valence-corrected chi connectivity index (χ4v) is 2.94. The van der Waals surface area contributed by atoms with Crippen molar-refractivity contribution in [3.63, 3.8) is 0 Å². The summed E-state index contributed by atoms with van der Waals surface area (Å²) in [6, 6.07) is 9.54. The van der Waals surface area contributed by atoms with Crippen molar-refractivity contribution in [1.29, 1.82) is 0 Å². The number of likely N-dealkylation sites (tertiary alicyclic amines) is 1. The third-order valence-electron chi connectivity index (χ3n) is 4.10. The Morgan fingerprint density at radius 1 is 1.35 bits per heavy atom. The Morgan fingerprint density at radius 2 is 2.13 bits per heavy atom. The molecule has 1 aromatic heterocycles. The van der Waals surface area contributed by atoms with Crippen molar-refractivity contribution in [2.24, 2.45) is 5.92 Å². The van der Waals surface area contributed by atoms with Crippen molar-refractivity contribution in [2.45, 2.75) is 5.92 Å². The van der Waals surface area contributed by atoms with E-state index in [1.165, 1.54) is 0 Å². The minimum atomic E-state index is -0.101. The van der Waals surface area contributed by atoms with Crippen molar-refractivity contribution in [2.75, 3.05) is 33.9 Å². The van der Waals surface area contributed by atoms with Crippen LogP contribution in [0.2, 0.25) is 0 Å². The number of carbonyl (C=O) groups excluding carboxylic acids is 1. The van der Waals surface area contributed by atoms with E-state index in [4.69, 9.17) is 9.15 Å². The molecule has 2 aromatic rings. The number of carbonyl (C=O) groups is 1. The van der Waals surface area contributed by atoms with E-state index in [-0.39, 0.29) is 17.9 Å². The lowest BCUT2D eigenvalue weighted by Gasteiger charge is -2.14. The molecule has 0 unspecified atom stereocenters. The minimum Gasteiger partial charge on any atom is -0.420 e. The van der Waals surface area contributed by atoms with Gasteiger partial charge >= 0.3 is 6.03 Å². The van der Waals surface area contributed by atoms with Crippen LogP contribution in [0.4, 0.5) is 4.79 Å². The highest BCUT2D eigenvalue weighted by molar-refractivity contribution is 5.74. The first kappa shape index (κ1) is 15.5. The molecule has 7 heteroatoms. The number of aromatic nitrogens is 2. The van der Waals surface area contributed by atoms with Gasteiger partial charge in [-0.3, -0.25) is 0 Å². The van der Waals surface area contributed by atoms with E-state index >= 15 is 0 Å². The molecule has 7 nitrogen and oxygen atoms in total. The molecule has 122 valence electrons. The summed E-state index contributed by atoms with van der Waals surface area (Å²) in [5.41, 5.74) is 0.885. The molecule has 0 radical (unpaired) electrons. The highest BCUT2D eigenvalue weighted by Gasteiger charge is 2.39. The van der Waals surface area contributed by atoms with Crippen molar-refractivity contribution < 1.29 is 13.9 Å². The number of nitrogens with one attached hydrogen (secondary N) is 1. The Morgan fingerprint density at radius 3 is 2.83 bits per heavy atom. The molecule has 0 spiro atoms. The number of benzene rings is 1. The Balaban J connectivity index is 1.82. The molecule has 2 atom stereocenters.